The van der Waals surface area contributed by atoms with E-state index in [1.54, 1.807) is 4.90 Å². The van der Waals surface area contributed by atoms with E-state index in [1.807, 2.05) is 0 Å². The molecule has 0 bridgehead atoms. The van der Waals surface area contributed by atoms with Crippen LogP contribution in [0.4, 0.5) is 5.69 Å². The molecule has 31 heavy (non-hydrogen) atoms. The number of benzene rings is 1. The number of methoxy groups -OCH3 is 1. The predicted molar refractivity (Wildman–Crippen MR) is 113 cm³/mol. The Morgan fingerprint density at radius 2 is 1.87 bits per heavy atom. The fourth-order valence-corrected chi connectivity index (χ4v) is 5.44. The Hall–Kier alpha value is -2.68. The van der Waals surface area contributed by atoms with E-state index in [1.165, 1.54) is 23.5 Å². The number of carbonyl (C=O) groups is 1. The average molecular weight is 451 g/mol. The van der Waals surface area contributed by atoms with Crippen molar-refractivity contribution in [3.05, 3.63) is 28.3 Å². The number of nitro groups is 1. The number of rotatable bonds is 6. The van der Waals surface area contributed by atoms with Gasteiger partial charge in [-0.05, 0) is 38.1 Å². The number of nitrogens with zero attached hydrogens (tertiary/aromatic N) is 4. The minimum absolute atomic E-state index is 0.00680. The van der Waals surface area contributed by atoms with Crippen LogP contribution in [0.25, 0.3) is 0 Å². The van der Waals surface area contributed by atoms with Crippen LogP contribution in [0.1, 0.15) is 12.8 Å². The Kier molecular flexibility index (Phi) is 7.15. The molecule has 2 aliphatic heterocycles. The first-order valence-corrected chi connectivity index (χ1v) is 11.5. The van der Waals surface area contributed by atoms with Gasteiger partial charge in [0.25, 0.3) is 0 Å². The van der Waals surface area contributed by atoms with Gasteiger partial charge in [0.2, 0.25) is 15.9 Å². The smallest absolute Gasteiger partial charge is 0.312 e. The summed E-state index contributed by atoms with van der Waals surface area (Å²) in [6.45, 7) is 3.02. The second-order valence-electron chi connectivity index (χ2n) is 7.57. The fourth-order valence-electron chi connectivity index (χ4n) is 4.00. The lowest BCUT2D eigenvalue weighted by molar-refractivity contribution is -0.386. The van der Waals surface area contributed by atoms with Crippen molar-refractivity contribution in [1.82, 2.24) is 14.1 Å². The van der Waals surface area contributed by atoms with Gasteiger partial charge in [-0.1, -0.05) is 5.92 Å². The number of nitro benzene ring substituents is 1. The van der Waals surface area contributed by atoms with Crippen LogP contribution in [0.5, 0.6) is 5.75 Å². The topological polar surface area (TPSA) is 113 Å². The number of hydrogen-bond acceptors (Lipinski definition) is 7. The van der Waals surface area contributed by atoms with Gasteiger partial charge in [-0.2, -0.15) is 4.31 Å². The monoisotopic (exact) mass is 450 g/mol. The highest BCUT2D eigenvalue weighted by Crippen LogP contribution is 2.31. The SMILES string of the molecule is C#CCN1CCC(C(=O)N2CCN(S(=O)(=O)c3ccc(OC)c([N+](=O)[O-])c3)CC2)CC1. The lowest BCUT2D eigenvalue weighted by Gasteiger charge is -2.37. The zero-order chi connectivity index (χ0) is 22.6. The fraction of sp³-hybridized carbons (Fsp3) is 0.550. The van der Waals surface area contributed by atoms with Crippen molar-refractivity contribution in [2.45, 2.75) is 17.7 Å². The van der Waals surface area contributed by atoms with Gasteiger partial charge in [-0.15, -0.1) is 6.42 Å². The molecule has 2 aliphatic rings. The third-order valence-corrected chi connectivity index (χ3v) is 7.68. The summed E-state index contributed by atoms with van der Waals surface area (Å²) in [6, 6.07) is 3.58. The molecular formula is C20H26N4O6S. The number of piperazine rings is 1. The van der Waals surface area contributed by atoms with E-state index in [4.69, 9.17) is 11.2 Å². The third-order valence-electron chi connectivity index (χ3n) is 5.79. The van der Waals surface area contributed by atoms with E-state index in [2.05, 4.69) is 10.8 Å². The molecule has 2 saturated heterocycles. The second-order valence-corrected chi connectivity index (χ2v) is 9.51. The zero-order valence-corrected chi connectivity index (χ0v) is 18.2. The van der Waals surface area contributed by atoms with Crippen LogP contribution < -0.4 is 4.74 Å². The van der Waals surface area contributed by atoms with Gasteiger partial charge >= 0.3 is 5.69 Å². The molecule has 0 unspecified atom stereocenters. The van der Waals surface area contributed by atoms with Gasteiger partial charge in [0.05, 0.1) is 23.5 Å². The van der Waals surface area contributed by atoms with Crippen LogP contribution in [-0.2, 0) is 14.8 Å². The van der Waals surface area contributed by atoms with Gasteiger partial charge < -0.3 is 9.64 Å². The summed E-state index contributed by atoms with van der Waals surface area (Å²) in [7, 11) is -2.64. The predicted octanol–water partition coefficient (Wildman–Crippen LogP) is 0.782. The van der Waals surface area contributed by atoms with Crippen molar-refractivity contribution in [1.29, 1.82) is 0 Å². The molecule has 168 valence electrons. The number of hydrogen-bond donors (Lipinski definition) is 0. The average Bonchev–Trinajstić information content (AvgIpc) is 2.79. The van der Waals surface area contributed by atoms with Gasteiger partial charge in [0.1, 0.15) is 0 Å². The number of sulfonamides is 1. The number of ether oxygens (including phenoxy) is 1. The maximum Gasteiger partial charge on any atom is 0.312 e. The summed E-state index contributed by atoms with van der Waals surface area (Å²) in [6.07, 6.45) is 6.83. The van der Waals surface area contributed by atoms with Crippen LogP contribution in [-0.4, -0.2) is 86.3 Å². The zero-order valence-electron chi connectivity index (χ0n) is 17.4. The number of likely N-dealkylation sites (tertiary alicyclic amines) is 1. The molecule has 0 aromatic heterocycles. The number of terminal acetylenes is 1. The Balaban J connectivity index is 1.63. The number of carbonyl (C=O) groups excluding carboxylic acids is 1. The van der Waals surface area contributed by atoms with Crippen LogP contribution in [0, 0.1) is 28.4 Å². The Bertz CT molecular complexity index is 974. The molecule has 1 amide bonds. The van der Waals surface area contributed by atoms with E-state index in [9.17, 15) is 23.3 Å². The molecule has 10 nitrogen and oxygen atoms in total. The van der Waals surface area contributed by atoms with Crippen LogP contribution >= 0.6 is 0 Å². The second kappa shape index (κ2) is 9.64. The summed E-state index contributed by atoms with van der Waals surface area (Å²) >= 11 is 0. The molecule has 11 heteroatoms. The first kappa shape index (κ1) is 23.0. The van der Waals surface area contributed by atoms with E-state index >= 15 is 0 Å². The van der Waals surface area contributed by atoms with Crippen LogP contribution in [0.15, 0.2) is 23.1 Å². The van der Waals surface area contributed by atoms with Crippen molar-refractivity contribution >= 4 is 21.6 Å². The van der Waals surface area contributed by atoms with E-state index in [-0.39, 0.29) is 35.6 Å². The highest BCUT2D eigenvalue weighted by atomic mass is 32.2. The van der Waals surface area contributed by atoms with E-state index < -0.39 is 20.6 Å². The van der Waals surface area contributed by atoms with Gasteiger partial charge in [0.15, 0.2) is 5.75 Å². The Labute approximate surface area is 181 Å². The normalized spacial score (nSPS) is 19.0. The molecule has 1 aromatic carbocycles. The molecular weight excluding hydrogens is 424 g/mol. The van der Waals surface area contributed by atoms with Crippen LogP contribution in [0.3, 0.4) is 0 Å². The molecule has 0 N–H and O–H groups in total. The largest absolute Gasteiger partial charge is 0.490 e. The molecule has 0 radical (unpaired) electrons. The molecule has 0 saturated carbocycles. The summed E-state index contributed by atoms with van der Waals surface area (Å²) in [4.78, 5) is 27.1. The van der Waals surface area contributed by atoms with Crippen molar-refractivity contribution < 1.29 is 22.9 Å². The van der Waals surface area contributed by atoms with Crippen molar-refractivity contribution in [3.8, 4) is 18.1 Å². The summed E-state index contributed by atoms with van der Waals surface area (Å²) < 4.78 is 32.1. The highest BCUT2D eigenvalue weighted by Gasteiger charge is 2.34. The molecule has 1 aromatic rings. The van der Waals surface area contributed by atoms with Gasteiger partial charge in [-0.3, -0.25) is 19.8 Å². The van der Waals surface area contributed by atoms with Crippen LogP contribution in [0.2, 0.25) is 0 Å². The molecule has 2 heterocycles. The molecule has 0 aliphatic carbocycles. The van der Waals surface area contributed by atoms with E-state index in [0.717, 1.165) is 32.0 Å². The minimum Gasteiger partial charge on any atom is -0.490 e. The lowest BCUT2D eigenvalue weighted by atomic mass is 9.95. The third kappa shape index (κ3) is 4.98. The summed E-state index contributed by atoms with van der Waals surface area (Å²) in [5.74, 6) is 2.60. The van der Waals surface area contributed by atoms with Crippen molar-refractivity contribution in [2.75, 3.05) is 52.9 Å². The quantitative estimate of drug-likeness (QED) is 0.358. The first-order valence-electron chi connectivity index (χ1n) is 10.0. The first-order chi connectivity index (χ1) is 14.8. The molecule has 0 atom stereocenters. The molecule has 0 spiro atoms. The van der Waals surface area contributed by atoms with E-state index in [0.29, 0.717) is 19.6 Å². The Morgan fingerprint density at radius 3 is 2.42 bits per heavy atom. The molecule has 3 rings (SSSR count). The van der Waals surface area contributed by atoms with Gasteiger partial charge in [0, 0.05) is 38.2 Å². The number of piperidine rings is 1. The number of amides is 1. The van der Waals surface area contributed by atoms with Gasteiger partial charge in [-0.25, -0.2) is 8.42 Å². The Morgan fingerprint density at radius 1 is 1.23 bits per heavy atom. The maximum atomic E-state index is 13.0. The minimum atomic E-state index is -3.92. The maximum absolute atomic E-state index is 13.0. The summed E-state index contributed by atoms with van der Waals surface area (Å²) in [5.41, 5.74) is -0.409. The van der Waals surface area contributed by atoms with Crippen molar-refractivity contribution in [2.24, 2.45) is 5.92 Å². The summed E-state index contributed by atoms with van der Waals surface area (Å²) in [5, 5.41) is 11.2. The molecule has 2 fully saturated rings. The highest BCUT2D eigenvalue weighted by molar-refractivity contribution is 7.89. The lowest BCUT2D eigenvalue weighted by Crippen LogP contribution is -2.52. The standard InChI is InChI=1S/C20H26N4O6S/c1-3-8-21-9-6-16(7-10-21)20(25)22-11-13-23(14-12-22)31(28,29)17-4-5-19(30-2)18(15-17)24(26)27/h1,4-5,15-16H,6-14H2,2H3. The van der Waals surface area contributed by atoms with Crippen molar-refractivity contribution in [3.63, 3.8) is 0 Å².